The third-order valence-corrected chi connectivity index (χ3v) is 7.72. The van der Waals surface area contributed by atoms with E-state index in [1.165, 1.54) is 4.90 Å². The first-order valence-corrected chi connectivity index (χ1v) is 14.5. The number of esters is 1. The van der Waals surface area contributed by atoms with Crippen molar-refractivity contribution in [3.05, 3.63) is 28.6 Å². The Labute approximate surface area is 242 Å². The molecule has 2 N–H and O–H groups in total. The molecule has 11 heteroatoms. The van der Waals surface area contributed by atoms with Crippen LogP contribution in [0.1, 0.15) is 79.7 Å². The highest BCUT2D eigenvalue weighted by atomic mass is 16.5. The number of pyridine rings is 1. The molecule has 0 aromatic carbocycles. The molecule has 0 radical (unpaired) electrons. The van der Waals surface area contributed by atoms with E-state index in [4.69, 9.17) is 9.47 Å². The van der Waals surface area contributed by atoms with Crippen molar-refractivity contribution in [1.29, 1.82) is 0 Å². The Hall–Kier alpha value is -3.34. The monoisotopic (exact) mass is 572 g/mol. The van der Waals surface area contributed by atoms with Crippen LogP contribution in [0.25, 0.3) is 0 Å². The summed E-state index contributed by atoms with van der Waals surface area (Å²) in [7, 11) is 1.57. The lowest BCUT2D eigenvalue weighted by atomic mass is 9.89. The summed E-state index contributed by atoms with van der Waals surface area (Å²) in [4.78, 5) is 71.3. The Morgan fingerprint density at radius 1 is 1.17 bits per heavy atom. The number of aryl methyl sites for hydroxylation is 3. The van der Waals surface area contributed by atoms with Gasteiger partial charge in [-0.3, -0.25) is 24.2 Å². The van der Waals surface area contributed by atoms with Gasteiger partial charge in [0.05, 0.1) is 17.3 Å². The van der Waals surface area contributed by atoms with Crippen molar-refractivity contribution >= 4 is 29.5 Å². The van der Waals surface area contributed by atoms with Crippen LogP contribution in [0.3, 0.4) is 0 Å². The SMILES string of the molecule is Cc1cc(C)c(C(=O)OCC(=O)[C@H](C[C@@H]2CCCNC2=O)NC(=O)[C@H](CC(C)C)N(C)C(=O)[C@H]2CCCO2)c(C)n1. The molecule has 11 nitrogen and oxygen atoms in total. The number of likely N-dealkylation sites (N-methyl/N-ethyl adjacent to an activating group) is 1. The zero-order valence-electron chi connectivity index (χ0n) is 25.1. The van der Waals surface area contributed by atoms with Crippen LogP contribution in [0.5, 0.6) is 0 Å². The molecule has 0 aliphatic carbocycles. The van der Waals surface area contributed by atoms with Gasteiger partial charge in [0.15, 0.2) is 12.4 Å². The van der Waals surface area contributed by atoms with Crippen LogP contribution < -0.4 is 10.6 Å². The van der Waals surface area contributed by atoms with E-state index in [1.807, 2.05) is 20.8 Å². The van der Waals surface area contributed by atoms with E-state index in [1.54, 1.807) is 27.0 Å². The maximum absolute atomic E-state index is 13.6. The summed E-state index contributed by atoms with van der Waals surface area (Å²) < 4.78 is 10.9. The standard InChI is InChI=1S/C30H44N4O7/c1-17(2)13-23(34(6)29(38)25-10-8-12-40-25)28(37)33-22(15-21-9-7-11-31-27(21)36)24(35)16-41-30(39)26-18(3)14-19(4)32-20(26)5/h14,17,21-23,25H,7-13,15-16H2,1-6H3,(H,31,36)(H,33,37)/t21-,22-,23-,25+/m0/s1. The fraction of sp³-hybridized carbons (Fsp3) is 0.667. The quantitative estimate of drug-likeness (QED) is 0.363. The molecule has 0 bridgehead atoms. The smallest absolute Gasteiger partial charge is 0.340 e. The molecule has 1 aromatic rings. The summed E-state index contributed by atoms with van der Waals surface area (Å²) in [5, 5.41) is 5.61. The summed E-state index contributed by atoms with van der Waals surface area (Å²) in [6.07, 6.45) is 2.56. The number of amides is 3. The lowest BCUT2D eigenvalue weighted by molar-refractivity contribution is -0.147. The van der Waals surface area contributed by atoms with Crippen molar-refractivity contribution in [2.24, 2.45) is 11.8 Å². The molecule has 41 heavy (non-hydrogen) atoms. The number of aromatic nitrogens is 1. The molecule has 0 spiro atoms. The molecule has 4 atom stereocenters. The normalized spacial score (nSPS) is 20.2. The van der Waals surface area contributed by atoms with Crippen molar-refractivity contribution in [3.63, 3.8) is 0 Å². The van der Waals surface area contributed by atoms with Gasteiger partial charge in [-0.1, -0.05) is 13.8 Å². The summed E-state index contributed by atoms with van der Waals surface area (Å²) in [6, 6.07) is -0.156. The van der Waals surface area contributed by atoms with Gasteiger partial charge in [0.1, 0.15) is 12.1 Å². The molecule has 3 amide bonds. The fourth-order valence-corrected chi connectivity index (χ4v) is 5.57. The van der Waals surface area contributed by atoms with Gasteiger partial charge in [0.25, 0.3) is 5.91 Å². The predicted molar refractivity (Wildman–Crippen MR) is 151 cm³/mol. The Balaban J connectivity index is 1.77. The van der Waals surface area contributed by atoms with Crippen molar-refractivity contribution in [3.8, 4) is 0 Å². The van der Waals surface area contributed by atoms with E-state index in [9.17, 15) is 24.0 Å². The lowest BCUT2D eigenvalue weighted by Crippen LogP contribution is -2.55. The van der Waals surface area contributed by atoms with Gasteiger partial charge in [-0.2, -0.15) is 0 Å². The molecule has 3 rings (SSSR count). The molecular weight excluding hydrogens is 528 g/mol. The number of nitrogens with one attached hydrogen (secondary N) is 2. The third kappa shape index (κ3) is 8.58. The first-order chi connectivity index (χ1) is 19.4. The van der Waals surface area contributed by atoms with Gasteiger partial charge in [-0.05, 0) is 76.8 Å². The highest BCUT2D eigenvalue weighted by Crippen LogP contribution is 2.21. The Morgan fingerprint density at radius 3 is 2.51 bits per heavy atom. The minimum atomic E-state index is -1.08. The summed E-state index contributed by atoms with van der Waals surface area (Å²) >= 11 is 0. The molecule has 0 saturated carbocycles. The van der Waals surface area contributed by atoms with Gasteiger partial charge in [0, 0.05) is 31.8 Å². The molecule has 2 aliphatic heterocycles. The highest BCUT2D eigenvalue weighted by molar-refractivity contribution is 5.97. The number of piperidine rings is 1. The van der Waals surface area contributed by atoms with E-state index in [0.717, 1.165) is 18.5 Å². The van der Waals surface area contributed by atoms with Crippen LogP contribution in [0.15, 0.2) is 6.07 Å². The van der Waals surface area contributed by atoms with Crippen LogP contribution >= 0.6 is 0 Å². The molecule has 0 unspecified atom stereocenters. The topological polar surface area (TPSA) is 144 Å². The van der Waals surface area contributed by atoms with Crippen LogP contribution in [0.2, 0.25) is 0 Å². The van der Waals surface area contributed by atoms with E-state index < -0.39 is 48.4 Å². The lowest BCUT2D eigenvalue weighted by Gasteiger charge is -2.32. The van der Waals surface area contributed by atoms with Gasteiger partial charge in [-0.25, -0.2) is 4.79 Å². The van der Waals surface area contributed by atoms with Gasteiger partial charge in [0.2, 0.25) is 11.8 Å². The second kappa shape index (κ2) is 14.5. The number of hydrogen-bond donors (Lipinski definition) is 2. The molecule has 2 saturated heterocycles. The molecular formula is C30H44N4O7. The first kappa shape index (κ1) is 32.2. The van der Waals surface area contributed by atoms with Gasteiger partial charge >= 0.3 is 5.97 Å². The number of ketones is 1. The molecule has 1 aromatic heterocycles. The van der Waals surface area contributed by atoms with E-state index in [-0.39, 0.29) is 24.2 Å². The number of carbonyl (C=O) groups is 5. The van der Waals surface area contributed by atoms with Crippen molar-refractivity contribution in [2.45, 2.75) is 91.3 Å². The van der Waals surface area contributed by atoms with Crippen molar-refractivity contribution in [2.75, 3.05) is 26.8 Å². The number of Topliss-reactive ketones (excluding diaryl/α,β-unsaturated/α-hetero) is 1. The average Bonchev–Trinajstić information content (AvgIpc) is 3.44. The molecule has 226 valence electrons. The molecule has 2 fully saturated rings. The van der Waals surface area contributed by atoms with Crippen molar-refractivity contribution in [1.82, 2.24) is 20.5 Å². The summed E-state index contributed by atoms with van der Waals surface area (Å²) in [5.74, 6) is -2.56. The van der Waals surface area contributed by atoms with Crippen LogP contribution in [-0.2, 0) is 28.7 Å². The van der Waals surface area contributed by atoms with Crippen LogP contribution in [-0.4, -0.2) is 84.4 Å². The van der Waals surface area contributed by atoms with E-state index in [0.29, 0.717) is 49.2 Å². The number of hydrogen-bond acceptors (Lipinski definition) is 8. The average molecular weight is 573 g/mol. The predicted octanol–water partition coefficient (Wildman–Crippen LogP) is 2.19. The Bertz CT molecular complexity index is 1120. The minimum absolute atomic E-state index is 0.0654. The highest BCUT2D eigenvalue weighted by Gasteiger charge is 2.37. The fourth-order valence-electron chi connectivity index (χ4n) is 5.57. The first-order valence-electron chi connectivity index (χ1n) is 14.5. The Kier molecular flexibility index (Phi) is 11.4. The Morgan fingerprint density at radius 2 is 1.90 bits per heavy atom. The summed E-state index contributed by atoms with van der Waals surface area (Å²) in [6.45, 7) is 9.68. The van der Waals surface area contributed by atoms with Crippen LogP contribution in [0.4, 0.5) is 0 Å². The van der Waals surface area contributed by atoms with E-state index >= 15 is 0 Å². The maximum Gasteiger partial charge on any atom is 0.340 e. The maximum atomic E-state index is 13.6. The van der Waals surface area contributed by atoms with Gasteiger partial charge < -0.3 is 25.0 Å². The molecule has 2 aliphatic rings. The largest absolute Gasteiger partial charge is 0.454 e. The van der Waals surface area contributed by atoms with Gasteiger partial charge in [-0.15, -0.1) is 0 Å². The molecule has 3 heterocycles. The van der Waals surface area contributed by atoms with Crippen LogP contribution in [0, 0.1) is 32.6 Å². The second-order valence-corrected chi connectivity index (χ2v) is 11.6. The number of rotatable bonds is 12. The number of nitrogens with zero attached hydrogens (tertiary/aromatic N) is 2. The zero-order valence-corrected chi connectivity index (χ0v) is 25.1. The summed E-state index contributed by atoms with van der Waals surface area (Å²) in [5.41, 5.74) is 2.24. The third-order valence-electron chi connectivity index (χ3n) is 7.72. The zero-order chi connectivity index (χ0) is 30.3. The second-order valence-electron chi connectivity index (χ2n) is 11.6. The number of ether oxygens (including phenoxy) is 2. The number of carbonyl (C=O) groups excluding carboxylic acids is 5. The van der Waals surface area contributed by atoms with Crippen molar-refractivity contribution < 1.29 is 33.4 Å². The minimum Gasteiger partial charge on any atom is -0.454 e. The van der Waals surface area contributed by atoms with E-state index in [2.05, 4.69) is 15.6 Å².